The van der Waals surface area contributed by atoms with E-state index in [4.69, 9.17) is 11.5 Å². The van der Waals surface area contributed by atoms with Crippen LogP contribution in [-0.2, 0) is 4.79 Å². The summed E-state index contributed by atoms with van der Waals surface area (Å²) in [6.45, 7) is 3.80. The van der Waals surface area contributed by atoms with Gasteiger partial charge in [-0.2, -0.15) is 0 Å². The van der Waals surface area contributed by atoms with Crippen molar-refractivity contribution in [1.82, 2.24) is 10.2 Å². The Morgan fingerprint density at radius 1 is 1.56 bits per heavy atom. The van der Waals surface area contributed by atoms with Gasteiger partial charge in [-0.15, -0.1) is 6.42 Å². The fourth-order valence-corrected chi connectivity index (χ4v) is 1.14. The number of aliphatic carboxylic acids is 1. The summed E-state index contributed by atoms with van der Waals surface area (Å²) >= 11 is 0. The van der Waals surface area contributed by atoms with Crippen molar-refractivity contribution in [2.45, 2.75) is 26.3 Å². The first-order valence-electron chi connectivity index (χ1n) is 5.11. The Balaban J connectivity index is 4.47. The van der Waals surface area contributed by atoms with Crippen LogP contribution in [0.15, 0.2) is 0 Å². The molecule has 0 bridgehead atoms. The van der Waals surface area contributed by atoms with Crippen LogP contribution in [0.1, 0.15) is 20.3 Å². The van der Waals surface area contributed by atoms with Gasteiger partial charge in [0.25, 0.3) is 0 Å². The van der Waals surface area contributed by atoms with E-state index in [1.54, 1.807) is 6.92 Å². The molecule has 0 radical (unpaired) electrons. The fraction of sp³-hybridized carbons (Fsp3) is 0.636. The molecule has 0 aromatic rings. The molecular weight excluding hydrogens is 208 g/mol. The number of terminal acetylenes is 1. The van der Waals surface area contributed by atoms with Crippen molar-refractivity contribution >= 4 is 12.0 Å². The van der Waals surface area contributed by atoms with E-state index in [1.165, 1.54) is 11.9 Å². The number of carboxylic acid groups (broad SMARTS) is 1. The van der Waals surface area contributed by atoms with Gasteiger partial charge in [0, 0.05) is 7.05 Å². The highest BCUT2D eigenvalue weighted by molar-refractivity contribution is 5.82. The van der Waals surface area contributed by atoms with Crippen molar-refractivity contribution in [2.75, 3.05) is 13.6 Å². The van der Waals surface area contributed by atoms with Gasteiger partial charge in [0.2, 0.25) is 0 Å². The minimum absolute atomic E-state index is 0.124. The lowest BCUT2D eigenvalue weighted by molar-refractivity contribution is -0.140. The molecule has 2 N–H and O–H groups in total. The van der Waals surface area contributed by atoms with Gasteiger partial charge in [-0.25, -0.2) is 9.59 Å². The highest BCUT2D eigenvalue weighted by Crippen LogP contribution is 2.08. The van der Waals surface area contributed by atoms with Crippen LogP contribution in [0.3, 0.4) is 0 Å². The van der Waals surface area contributed by atoms with Crippen molar-refractivity contribution in [3.8, 4) is 12.3 Å². The number of carboxylic acids is 1. The number of rotatable bonds is 5. The van der Waals surface area contributed by atoms with Crippen LogP contribution in [0.4, 0.5) is 4.79 Å². The summed E-state index contributed by atoms with van der Waals surface area (Å²) in [4.78, 5) is 23.7. The molecule has 5 nitrogen and oxygen atoms in total. The smallest absolute Gasteiger partial charge is 0.326 e. The minimum Gasteiger partial charge on any atom is -0.480 e. The van der Waals surface area contributed by atoms with E-state index in [1.807, 2.05) is 6.92 Å². The Bertz CT molecular complexity index is 296. The molecule has 16 heavy (non-hydrogen) atoms. The third kappa shape index (κ3) is 4.22. The predicted molar refractivity (Wildman–Crippen MR) is 60.9 cm³/mol. The number of nitrogens with one attached hydrogen (secondary N) is 1. The molecule has 0 spiro atoms. The van der Waals surface area contributed by atoms with Gasteiger partial charge in [0.15, 0.2) is 0 Å². The second kappa shape index (κ2) is 6.72. The van der Waals surface area contributed by atoms with Crippen molar-refractivity contribution in [1.29, 1.82) is 0 Å². The molecule has 0 saturated heterocycles. The summed E-state index contributed by atoms with van der Waals surface area (Å²) < 4.78 is 0. The van der Waals surface area contributed by atoms with E-state index in [0.717, 1.165) is 0 Å². The summed E-state index contributed by atoms with van der Waals surface area (Å²) in [6.07, 6.45) is 5.73. The molecule has 0 heterocycles. The maximum atomic E-state index is 11.5. The largest absolute Gasteiger partial charge is 0.480 e. The molecule has 5 heteroatoms. The normalized spacial score (nSPS) is 13.4. The predicted octanol–water partition coefficient (Wildman–Crippen LogP) is 0.760. The topological polar surface area (TPSA) is 69.6 Å². The summed E-state index contributed by atoms with van der Waals surface area (Å²) in [5.74, 6) is 1.16. The van der Waals surface area contributed by atoms with Gasteiger partial charge in [0.05, 0.1) is 6.54 Å². The maximum absolute atomic E-state index is 11.5. The lowest BCUT2D eigenvalue weighted by Gasteiger charge is -2.23. The Morgan fingerprint density at radius 3 is 2.50 bits per heavy atom. The van der Waals surface area contributed by atoms with Gasteiger partial charge in [-0.1, -0.05) is 26.2 Å². The number of nitrogens with zero attached hydrogens (tertiary/aromatic N) is 1. The molecule has 2 atom stereocenters. The summed E-state index contributed by atoms with van der Waals surface area (Å²) in [6, 6.07) is -1.34. The first-order chi connectivity index (χ1) is 7.43. The molecule has 0 rings (SSSR count). The molecule has 1 unspecified atom stereocenters. The van der Waals surface area contributed by atoms with E-state index in [2.05, 4.69) is 11.2 Å². The highest BCUT2D eigenvalue weighted by atomic mass is 16.4. The van der Waals surface area contributed by atoms with Gasteiger partial charge in [0.1, 0.15) is 6.04 Å². The fourth-order valence-electron chi connectivity index (χ4n) is 1.14. The quantitative estimate of drug-likeness (QED) is 0.680. The Hall–Kier alpha value is -1.70. The number of hydrogen-bond donors (Lipinski definition) is 2. The first kappa shape index (κ1) is 14.3. The lowest BCUT2D eigenvalue weighted by Crippen LogP contribution is -2.49. The van der Waals surface area contributed by atoms with E-state index >= 15 is 0 Å². The van der Waals surface area contributed by atoms with Crippen LogP contribution in [0, 0.1) is 18.3 Å². The third-order valence-electron chi connectivity index (χ3n) is 2.43. The molecule has 0 fully saturated rings. The van der Waals surface area contributed by atoms with E-state index in [9.17, 15) is 9.59 Å². The molecule has 0 saturated carbocycles. The average molecular weight is 226 g/mol. The van der Waals surface area contributed by atoms with Gasteiger partial charge < -0.3 is 15.3 Å². The summed E-state index contributed by atoms with van der Waals surface area (Å²) in [5, 5.41) is 11.4. The number of carbonyl (C=O) groups excluding carboxylic acids is 1. The Kier molecular flexibility index (Phi) is 6.01. The number of amides is 2. The molecule has 0 aliphatic rings. The van der Waals surface area contributed by atoms with Crippen molar-refractivity contribution in [3.05, 3.63) is 0 Å². The van der Waals surface area contributed by atoms with Crippen molar-refractivity contribution in [3.63, 3.8) is 0 Å². The number of urea groups is 1. The highest BCUT2D eigenvalue weighted by Gasteiger charge is 2.26. The standard InChI is InChI=1S/C11H18N2O3/c1-5-7-13(4)11(16)12-9(10(14)15)8(3)6-2/h1,8-9H,6-7H2,2-4H3,(H,12,16)(H,14,15)/t8?,9-/m0/s1. The number of hydrogen-bond acceptors (Lipinski definition) is 2. The summed E-state index contributed by atoms with van der Waals surface area (Å²) in [7, 11) is 1.52. The van der Waals surface area contributed by atoms with Crippen LogP contribution in [-0.4, -0.2) is 41.6 Å². The van der Waals surface area contributed by atoms with Crippen LogP contribution in [0.25, 0.3) is 0 Å². The lowest BCUT2D eigenvalue weighted by atomic mass is 9.99. The minimum atomic E-state index is -1.03. The van der Waals surface area contributed by atoms with Crippen LogP contribution in [0.2, 0.25) is 0 Å². The zero-order valence-corrected chi connectivity index (χ0v) is 9.86. The van der Waals surface area contributed by atoms with Crippen molar-refractivity contribution < 1.29 is 14.7 Å². The molecule has 0 aromatic heterocycles. The van der Waals surface area contributed by atoms with Crippen molar-refractivity contribution in [2.24, 2.45) is 5.92 Å². The van der Waals surface area contributed by atoms with E-state index in [-0.39, 0.29) is 12.5 Å². The van der Waals surface area contributed by atoms with Crippen LogP contribution < -0.4 is 5.32 Å². The molecule has 0 aliphatic carbocycles. The van der Waals surface area contributed by atoms with Crippen LogP contribution in [0.5, 0.6) is 0 Å². The van der Waals surface area contributed by atoms with E-state index in [0.29, 0.717) is 6.42 Å². The summed E-state index contributed by atoms with van der Waals surface area (Å²) in [5.41, 5.74) is 0. The zero-order valence-electron chi connectivity index (χ0n) is 9.86. The maximum Gasteiger partial charge on any atom is 0.326 e. The van der Waals surface area contributed by atoms with E-state index < -0.39 is 18.0 Å². The second-order valence-corrected chi connectivity index (χ2v) is 3.71. The zero-order chi connectivity index (χ0) is 12.7. The van der Waals surface area contributed by atoms with Crippen LogP contribution >= 0.6 is 0 Å². The first-order valence-corrected chi connectivity index (χ1v) is 5.11. The Morgan fingerprint density at radius 2 is 2.12 bits per heavy atom. The average Bonchev–Trinajstić information content (AvgIpc) is 2.24. The molecular formula is C11H18N2O3. The molecule has 90 valence electrons. The molecule has 0 aromatic carbocycles. The number of carbonyl (C=O) groups is 2. The van der Waals surface area contributed by atoms with Gasteiger partial charge in [-0.3, -0.25) is 0 Å². The molecule has 2 amide bonds. The van der Waals surface area contributed by atoms with Gasteiger partial charge >= 0.3 is 12.0 Å². The second-order valence-electron chi connectivity index (χ2n) is 3.71. The third-order valence-corrected chi connectivity index (χ3v) is 2.43. The molecule has 0 aliphatic heterocycles. The monoisotopic (exact) mass is 226 g/mol. The SMILES string of the molecule is C#CCN(C)C(=O)N[C@H](C(=O)O)C(C)CC. The Labute approximate surface area is 95.8 Å². The van der Waals surface area contributed by atoms with Gasteiger partial charge in [-0.05, 0) is 5.92 Å².